The number of aliphatic hydroxyl groups is 1. The molecular weight excluding hydrogens is 320 g/mol. The molecule has 1 fully saturated rings. The van der Waals surface area contributed by atoms with E-state index in [9.17, 15) is 5.11 Å². The van der Waals surface area contributed by atoms with Crippen LogP contribution in [0.4, 0.5) is 0 Å². The molecule has 0 radical (unpaired) electrons. The van der Waals surface area contributed by atoms with Gasteiger partial charge in [0.25, 0.3) is 0 Å². The molecule has 1 unspecified atom stereocenters. The molecule has 2 aliphatic rings. The van der Waals surface area contributed by atoms with Crippen LogP contribution in [0.5, 0.6) is 0 Å². The van der Waals surface area contributed by atoms with Crippen molar-refractivity contribution < 1.29 is 14.6 Å². The average molecular weight is 354 g/mol. The van der Waals surface area contributed by atoms with E-state index in [0.717, 1.165) is 71.4 Å². The van der Waals surface area contributed by atoms with Crippen LogP contribution in [0.15, 0.2) is 16.6 Å². The van der Waals surface area contributed by atoms with Gasteiger partial charge in [-0.3, -0.25) is 9.89 Å². The number of nitrogens with zero attached hydrogens (tertiary/aromatic N) is 2. The highest BCUT2D eigenvalue weighted by Gasteiger charge is 2.25. The number of hydrogen-bond donors (Lipinski definition) is 3. The van der Waals surface area contributed by atoms with Crippen LogP contribution in [0.2, 0.25) is 0 Å². The average Bonchev–Trinajstić information content (AvgIpc) is 2.61. The second kappa shape index (κ2) is 10.8. The number of guanidine groups is 1. The Morgan fingerprint density at radius 3 is 2.76 bits per heavy atom. The highest BCUT2D eigenvalue weighted by Crippen LogP contribution is 2.11. The third kappa shape index (κ3) is 8.18. The van der Waals surface area contributed by atoms with Crippen molar-refractivity contribution >= 4 is 5.96 Å². The zero-order valence-corrected chi connectivity index (χ0v) is 15.7. The molecular formula is C18H34N4O3. The third-order valence-electron chi connectivity index (χ3n) is 4.39. The zero-order valence-electron chi connectivity index (χ0n) is 15.7. The summed E-state index contributed by atoms with van der Waals surface area (Å²) in [6.45, 7) is 11.3. The van der Waals surface area contributed by atoms with E-state index in [2.05, 4.69) is 26.6 Å². The molecule has 3 N–H and O–H groups in total. The number of rotatable bonds is 8. The van der Waals surface area contributed by atoms with Crippen LogP contribution in [0, 0.1) is 0 Å². The van der Waals surface area contributed by atoms with Crippen molar-refractivity contribution in [1.82, 2.24) is 15.5 Å². The van der Waals surface area contributed by atoms with Crippen LogP contribution in [0.1, 0.15) is 26.7 Å². The molecule has 0 bridgehead atoms. The summed E-state index contributed by atoms with van der Waals surface area (Å²) >= 11 is 0. The maximum Gasteiger partial charge on any atom is 0.191 e. The van der Waals surface area contributed by atoms with Crippen molar-refractivity contribution in [3.63, 3.8) is 0 Å². The molecule has 2 rings (SSSR count). The molecule has 7 heteroatoms. The number of nitrogens with one attached hydrogen (secondary N) is 2. The topological polar surface area (TPSA) is 78.4 Å². The van der Waals surface area contributed by atoms with Gasteiger partial charge in [0, 0.05) is 32.7 Å². The van der Waals surface area contributed by atoms with Gasteiger partial charge in [-0.2, -0.15) is 0 Å². The van der Waals surface area contributed by atoms with Crippen molar-refractivity contribution in [2.24, 2.45) is 4.99 Å². The molecule has 0 spiro atoms. The smallest absolute Gasteiger partial charge is 0.191 e. The summed E-state index contributed by atoms with van der Waals surface area (Å²) in [5.41, 5.74) is 0.594. The first kappa shape index (κ1) is 20.2. The fraction of sp³-hybridized carbons (Fsp3) is 0.833. The van der Waals surface area contributed by atoms with E-state index in [4.69, 9.17) is 9.47 Å². The Morgan fingerprint density at radius 1 is 1.28 bits per heavy atom. The molecule has 1 saturated heterocycles. The van der Waals surface area contributed by atoms with E-state index in [1.807, 2.05) is 13.8 Å². The van der Waals surface area contributed by atoms with Gasteiger partial charge in [-0.25, -0.2) is 0 Å². The number of aliphatic imine (C=N–C) groups is 1. The molecule has 2 heterocycles. The van der Waals surface area contributed by atoms with Crippen molar-refractivity contribution in [1.29, 1.82) is 0 Å². The number of morpholine rings is 1. The lowest BCUT2D eigenvalue weighted by Gasteiger charge is -2.33. The maximum atomic E-state index is 10.6. The number of β-amino-alcohol motifs (C(OH)–C–C–N with tert-alkyl or cyclic N) is 1. The predicted octanol–water partition coefficient (Wildman–Crippen LogP) is 0.362. The Kier molecular flexibility index (Phi) is 8.67. The lowest BCUT2D eigenvalue weighted by Crippen LogP contribution is -2.48. The maximum absolute atomic E-state index is 10.6. The monoisotopic (exact) mass is 354 g/mol. The quantitative estimate of drug-likeness (QED) is 0.332. The van der Waals surface area contributed by atoms with Crippen LogP contribution >= 0.6 is 0 Å². The first-order chi connectivity index (χ1) is 12.1. The summed E-state index contributed by atoms with van der Waals surface area (Å²) in [6.07, 6.45) is 4.18. The highest BCUT2D eigenvalue weighted by molar-refractivity contribution is 5.79. The van der Waals surface area contributed by atoms with E-state index in [0.29, 0.717) is 13.1 Å². The van der Waals surface area contributed by atoms with Crippen LogP contribution < -0.4 is 10.6 Å². The lowest BCUT2D eigenvalue weighted by molar-refractivity contribution is -0.0179. The Bertz CT molecular complexity index is 446. The number of hydrogen-bond acceptors (Lipinski definition) is 5. The van der Waals surface area contributed by atoms with Crippen molar-refractivity contribution in [3.05, 3.63) is 11.6 Å². The van der Waals surface area contributed by atoms with E-state index < -0.39 is 5.60 Å². The summed E-state index contributed by atoms with van der Waals surface area (Å²) in [6, 6.07) is 0. The molecule has 2 aliphatic heterocycles. The number of ether oxygens (including phenoxy) is 2. The van der Waals surface area contributed by atoms with Crippen LogP contribution in [0.25, 0.3) is 0 Å². The van der Waals surface area contributed by atoms with Gasteiger partial charge in [-0.15, -0.1) is 0 Å². The molecule has 0 aliphatic carbocycles. The summed E-state index contributed by atoms with van der Waals surface area (Å²) in [7, 11) is 0. The second-order valence-electron chi connectivity index (χ2n) is 6.94. The summed E-state index contributed by atoms with van der Waals surface area (Å²) < 4.78 is 10.7. The molecule has 0 saturated carbocycles. The largest absolute Gasteiger partial charge is 0.387 e. The van der Waals surface area contributed by atoms with Gasteiger partial charge in [-0.1, -0.05) is 11.6 Å². The van der Waals surface area contributed by atoms with Gasteiger partial charge in [0.05, 0.1) is 38.6 Å². The van der Waals surface area contributed by atoms with Gasteiger partial charge in [-0.05, 0) is 26.7 Å². The summed E-state index contributed by atoms with van der Waals surface area (Å²) in [5, 5.41) is 17.2. The molecule has 0 aromatic carbocycles. The zero-order chi connectivity index (χ0) is 18.0. The fourth-order valence-corrected chi connectivity index (χ4v) is 3.02. The van der Waals surface area contributed by atoms with Crippen LogP contribution in [-0.2, 0) is 9.47 Å². The Labute approximate surface area is 151 Å². The normalized spacial score (nSPS) is 22.2. The van der Waals surface area contributed by atoms with E-state index in [1.165, 1.54) is 5.57 Å². The van der Waals surface area contributed by atoms with Gasteiger partial charge >= 0.3 is 0 Å². The highest BCUT2D eigenvalue weighted by atomic mass is 16.5. The molecule has 0 aromatic rings. The molecule has 7 nitrogen and oxygen atoms in total. The van der Waals surface area contributed by atoms with E-state index in [1.54, 1.807) is 0 Å². The van der Waals surface area contributed by atoms with Gasteiger partial charge < -0.3 is 25.2 Å². The first-order valence-electron chi connectivity index (χ1n) is 9.39. The molecule has 0 amide bonds. The summed E-state index contributed by atoms with van der Waals surface area (Å²) in [5.74, 6) is 0.761. The van der Waals surface area contributed by atoms with Crippen LogP contribution in [-0.4, -0.2) is 87.3 Å². The van der Waals surface area contributed by atoms with E-state index >= 15 is 0 Å². The van der Waals surface area contributed by atoms with Crippen molar-refractivity contribution in [2.75, 3.05) is 65.7 Å². The molecule has 25 heavy (non-hydrogen) atoms. The van der Waals surface area contributed by atoms with Crippen molar-refractivity contribution in [2.45, 2.75) is 32.3 Å². The van der Waals surface area contributed by atoms with Gasteiger partial charge in [0.1, 0.15) is 0 Å². The fourth-order valence-electron chi connectivity index (χ4n) is 3.02. The van der Waals surface area contributed by atoms with Crippen molar-refractivity contribution in [3.8, 4) is 0 Å². The van der Waals surface area contributed by atoms with Gasteiger partial charge in [0.15, 0.2) is 5.96 Å². The Balaban J connectivity index is 1.77. The van der Waals surface area contributed by atoms with Gasteiger partial charge in [0.2, 0.25) is 0 Å². The Morgan fingerprint density at radius 2 is 2.08 bits per heavy atom. The van der Waals surface area contributed by atoms with E-state index in [-0.39, 0.29) is 0 Å². The second-order valence-corrected chi connectivity index (χ2v) is 6.94. The summed E-state index contributed by atoms with van der Waals surface area (Å²) in [4.78, 5) is 6.81. The minimum Gasteiger partial charge on any atom is -0.387 e. The predicted molar refractivity (Wildman–Crippen MR) is 100 cm³/mol. The molecule has 1 atom stereocenters. The first-order valence-corrected chi connectivity index (χ1v) is 9.39. The Hall–Kier alpha value is -1.15. The standard InChI is InChI=1S/C18H34N4O3/c1-3-19-17(20-7-4-16-5-10-24-11-6-16)21-14-18(2,23)15-22-8-12-25-13-9-22/h5,23H,3-4,6-15H2,1-2H3,(H2,19,20,21). The minimum absolute atomic E-state index is 0.371. The minimum atomic E-state index is -0.844. The van der Waals surface area contributed by atoms with Crippen LogP contribution in [0.3, 0.4) is 0 Å². The third-order valence-corrected chi connectivity index (χ3v) is 4.39. The lowest BCUT2D eigenvalue weighted by atomic mass is 10.1. The molecule has 0 aromatic heterocycles. The SMILES string of the molecule is CCNC(=NCC(C)(O)CN1CCOCC1)NCCC1=CCOCC1. The molecule has 144 valence electrons.